The van der Waals surface area contributed by atoms with Gasteiger partial charge in [0.1, 0.15) is 28.5 Å². The van der Waals surface area contributed by atoms with E-state index in [1.165, 1.54) is 11.3 Å². The van der Waals surface area contributed by atoms with Crippen LogP contribution < -0.4 is 23.8 Å². The number of amides is 1. The Morgan fingerprint density at radius 2 is 1.76 bits per heavy atom. The fourth-order valence-electron chi connectivity index (χ4n) is 4.38. The van der Waals surface area contributed by atoms with Crippen LogP contribution in [0.4, 0.5) is 5.82 Å². The highest BCUT2D eigenvalue weighted by atomic mass is 32.1. The molecular formula is C27H28N4O5S. The number of nitrogens with zero attached hydrogens (tertiary/aromatic N) is 4. The molecule has 9 nitrogen and oxygen atoms in total. The van der Waals surface area contributed by atoms with Crippen LogP contribution in [0.5, 0.6) is 23.0 Å². The molecule has 3 heterocycles. The third-order valence-electron chi connectivity index (χ3n) is 6.12. The molecule has 10 heteroatoms. The van der Waals surface area contributed by atoms with E-state index in [9.17, 15) is 4.79 Å². The Morgan fingerprint density at radius 3 is 2.46 bits per heavy atom. The van der Waals surface area contributed by atoms with Gasteiger partial charge in [0.2, 0.25) is 6.79 Å². The summed E-state index contributed by atoms with van der Waals surface area (Å²) >= 11 is 1.45. The molecule has 1 aliphatic rings. The summed E-state index contributed by atoms with van der Waals surface area (Å²) in [5.74, 6) is 3.27. The first-order valence-corrected chi connectivity index (χ1v) is 12.6. The van der Waals surface area contributed by atoms with E-state index in [-0.39, 0.29) is 12.7 Å². The lowest BCUT2D eigenvalue weighted by Gasteiger charge is -2.26. The maximum Gasteiger partial charge on any atom is 0.273 e. The molecule has 0 atom stereocenters. The number of rotatable bonds is 8. The molecule has 1 aliphatic heterocycles. The molecule has 0 spiro atoms. The van der Waals surface area contributed by atoms with E-state index < -0.39 is 0 Å². The van der Waals surface area contributed by atoms with Crippen LogP contribution in [0.1, 0.15) is 26.6 Å². The molecule has 0 N–H and O–H groups in total. The first-order chi connectivity index (χ1) is 17.9. The number of benzene rings is 2. The van der Waals surface area contributed by atoms with Crippen LogP contribution in [0.25, 0.3) is 10.9 Å². The van der Waals surface area contributed by atoms with Crippen molar-refractivity contribution in [2.24, 2.45) is 0 Å². The highest BCUT2D eigenvalue weighted by molar-refractivity contribution is 7.09. The summed E-state index contributed by atoms with van der Waals surface area (Å²) in [6.07, 6.45) is 0. The number of aromatic nitrogens is 2. The molecule has 0 fully saturated rings. The number of carbonyl (C=O) groups excluding carboxylic acids is 1. The van der Waals surface area contributed by atoms with Gasteiger partial charge >= 0.3 is 0 Å². The van der Waals surface area contributed by atoms with Gasteiger partial charge in [-0.05, 0) is 42.8 Å². The molecule has 0 aliphatic carbocycles. The predicted molar refractivity (Wildman–Crippen MR) is 142 cm³/mol. The standard InChI is InChI=1S/C27H28N4O5S/c1-16-28-20(14-37-16)27(32)31(12-17-6-7-22-24(10-17)36-15-35-22)13-18-11-19-21(33-4)8-9-23(34-5)25(19)29-26(18)30(2)3/h6-11,14H,12-13,15H2,1-5H3. The molecule has 0 saturated carbocycles. The van der Waals surface area contributed by atoms with Crippen molar-refractivity contribution in [3.05, 3.63) is 63.6 Å². The highest BCUT2D eigenvalue weighted by Gasteiger charge is 2.24. The van der Waals surface area contributed by atoms with Crippen LogP contribution >= 0.6 is 11.3 Å². The number of methoxy groups -OCH3 is 2. The van der Waals surface area contributed by atoms with Crippen molar-refractivity contribution in [2.45, 2.75) is 20.0 Å². The number of fused-ring (bicyclic) bond motifs is 2. The van der Waals surface area contributed by atoms with Crippen molar-refractivity contribution >= 4 is 34.0 Å². The maximum atomic E-state index is 13.7. The number of hydrogen-bond acceptors (Lipinski definition) is 9. The predicted octanol–water partition coefficient (Wildman–Crippen LogP) is 4.65. The van der Waals surface area contributed by atoms with Crippen molar-refractivity contribution in [3.63, 3.8) is 0 Å². The van der Waals surface area contributed by atoms with Crippen LogP contribution in [0.3, 0.4) is 0 Å². The van der Waals surface area contributed by atoms with Gasteiger partial charge in [0, 0.05) is 37.0 Å². The van der Waals surface area contributed by atoms with Crippen molar-refractivity contribution < 1.29 is 23.7 Å². The van der Waals surface area contributed by atoms with Crippen LogP contribution in [0.2, 0.25) is 0 Å². The van der Waals surface area contributed by atoms with E-state index in [1.807, 2.05) is 62.3 Å². The molecule has 2 aromatic carbocycles. The van der Waals surface area contributed by atoms with E-state index in [0.717, 1.165) is 27.3 Å². The average Bonchev–Trinajstić information content (AvgIpc) is 3.55. The number of aryl methyl sites for hydroxylation is 1. The van der Waals surface area contributed by atoms with Crippen molar-refractivity contribution in [1.29, 1.82) is 0 Å². The lowest BCUT2D eigenvalue weighted by atomic mass is 10.1. The number of hydrogen-bond donors (Lipinski definition) is 0. The summed E-state index contributed by atoms with van der Waals surface area (Å²) in [4.78, 5) is 26.8. The zero-order valence-electron chi connectivity index (χ0n) is 21.4. The van der Waals surface area contributed by atoms with Gasteiger partial charge in [-0.15, -0.1) is 11.3 Å². The first-order valence-electron chi connectivity index (χ1n) is 11.7. The van der Waals surface area contributed by atoms with Crippen LogP contribution in [-0.4, -0.2) is 55.9 Å². The molecule has 1 amide bonds. The molecule has 0 radical (unpaired) electrons. The molecule has 2 aromatic heterocycles. The molecule has 37 heavy (non-hydrogen) atoms. The third-order valence-corrected chi connectivity index (χ3v) is 6.90. The zero-order valence-corrected chi connectivity index (χ0v) is 22.2. The fourth-order valence-corrected chi connectivity index (χ4v) is 4.96. The minimum atomic E-state index is -0.163. The average molecular weight is 521 g/mol. The van der Waals surface area contributed by atoms with Crippen molar-refractivity contribution in [3.8, 4) is 23.0 Å². The van der Waals surface area contributed by atoms with Crippen LogP contribution in [-0.2, 0) is 13.1 Å². The maximum absolute atomic E-state index is 13.7. The Labute approximate surface area is 219 Å². The lowest BCUT2D eigenvalue weighted by Crippen LogP contribution is -2.31. The topological polar surface area (TPSA) is 86.3 Å². The minimum absolute atomic E-state index is 0.163. The SMILES string of the molecule is COc1ccc(OC)c2nc(N(C)C)c(CN(Cc3ccc4c(c3)OCO4)C(=O)c3csc(C)n3)cc12. The Balaban J connectivity index is 1.58. The number of carbonyl (C=O) groups is 1. The molecule has 0 unspecified atom stereocenters. The largest absolute Gasteiger partial charge is 0.496 e. The Kier molecular flexibility index (Phi) is 6.75. The molecule has 192 valence electrons. The zero-order chi connectivity index (χ0) is 26.1. The summed E-state index contributed by atoms with van der Waals surface area (Å²) < 4.78 is 22.2. The van der Waals surface area contributed by atoms with Gasteiger partial charge in [0.15, 0.2) is 11.5 Å². The molecule has 4 aromatic rings. The molecule has 0 saturated heterocycles. The van der Waals surface area contributed by atoms with Crippen molar-refractivity contribution in [1.82, 2.24) is 14.9 Å². The normalized spacial score (nSPS) is 12.0. The van der Waals surface area contributed by atoms with E-state index in [0.29, 0.717) is 47.3 Å². The quantitative estimate of drug-likeness (QED) is 0.332. The molecule has 5 rings (SSSR count). The molecular weight excluding hydrogens is 492 g/mol. The van der Waals surface area contributed by atoms with Gasteiger partial charge < -0.3 is 28.7 Å². The number of ether oxygens (including phenoxy) is 4. The Morgan fingerprint density at radius 1 is 1.00 bits per heavy atom. The smallest absolute Gasteiger partial charge is 0.273 e. The van der Waals surface area contributed by atoms with Crippen molar-refractivity contribution in [2.75, 3.05) is 40.0 Å². The minimum Gasteiger partial charge on any atom is -0.496 e. The van der Waals surface area contributed by atoms with E-state index in [4.69, 9.17) is 23.9 Å². The van der Waals surface area contributed by atoms with Gasteiger partial charge in [0.05, 0.1) is 25.8 Å². The summed E-state index contributed by atoms with van der Waals surface area (Å²) in [6, 6.07) is 11.4. The third kappa shape index (κ3) is 4.84. The van der Waals surface area contributed by atoms with Crippen LogP contribution in [0.15, 0.2) is 41.8 Å². The van der Waals surface area contributed by atoms with E-state index in [1.54, 1.807) is 24.5 Å². The Hall–Kier alpha value is -4.05. The summed E-state index contributed by atoms with van der Waals surface area (Å²) in [6.45, 7) is 2.74. The van der Waals surface area contributed by atoms with Gasteiger partial charge in [0.25, 0.3) is 5.91 Å². The second-order valence-electron chi connectivity index (χ2n) is 8.83. The summed E-state index contributed by atoms with van der Waals surface area (Å²) in [5, 5.41) is 3.44. The number of pyridine rings is 1. The highest BCUT2D eigenvalue weighted by Crippen LogP contribution is 2.36. The Bertz CT molecular complexity index is 1470. The fraction of sp³-hybridized carbons (Fsp3) is 0.296. The second kappa shape index (κ2) is 10.1. The number of anilines is 1. The van der Waals surface area contributed by atoms with Gasteiger partial charge in [-0.1, -0.05) is 6.07 Å². The molecule has 0 bridgehead atoms. The van der Waals surface area contributed by atoms with E-state index >= 15 is 0 Å². The van der Waals surface area contributed by atoms with Gasteiger partial charge in [-0.3, -0.25) is 4.79 Å². The second-order valence-corrected chi connectivity index (χ2v) is 9.89. The summed E-state index contributed by atoms with van der Waals surface area (Å²) in [5.41, 5.74) is 2.90. The first kappa shape index (κ1) is 24.6. The van der Waals surface area contributed by atoms with E-state index in [2.05, 4.69) is 4.98 Å². The van der Waals surface area contributed by atoms with Crippen LogP contribution in [0, 0.1) is 6.92 Å². The summed E-state index contributed by atoms with van der Waals surface area (Å²) in [7, 11) is 7.10. The van der Waals surface area contributed by atoms with Gasteiger partial charge in [-0.2, -0.15) is 0 Å². The number of thiazole rings is 1. The van der Waals surface area contributed by atoms with Gasteiger partial charge in [-0.25, -0.2) is 9.97 Å². The monoisotopic (exact) mass is 520 g/mol. The lowest BCUT2D eigenvalue weighted by molar-refractivity contribution is 0.0724.